The first-order valence-corrected chi connectivity index (χ1v) is 12.3. The lowest BCUT2D eigenvalue weighted by Crippen LogP contribution is -2.14. The minimum atomic E-state index is -0.155. The first-order chi connectivity index (χ1) is 15.1. The van der Waals surface area contributed by atoms with Crippen LogP contribution >= 0.6 is 46.0 Å². The van der Waals surface area contributed by atoms with E-state index in [0.717, 1.165) is 16.2 Å². The molecule has 0 bridgehead atoms. The van der Waals surface area contributed by atoms with Gasteiger partial charge in [-0.1, -0.05) is 41.9 Å². The predicted octanol–water partition coefficient (Wildman–Crippen LogP) is 6.51. The molecule has 0 radical (unpaired) electrons. The molecule has 0 saturated heterocycles. The van der Waals surface area contributed by atoms with Crippen molar-refractivity contribution in [1.82, 2.24) is 4.98 Å². The lowest BCUT2D eigenvalue weighted by molar-refractivity contribution is -0.113. The van der Waals surface area contributed by atoms with Gasteiger partial charge in [0.2, 0.25) is 5.91 Å². The van der Waals surface area contributed by atoms with Crippen molar-refractivity contribution in [2.45, 2.75) is 4.90 Å². The minimum absolute atomic E-state index is 0.145. The van der Waals surface area contributed by atoms with Crippen LogP contribution in [0.2, 0.25) is 5.02 Å². The third kappa shape index (κ3) is 5.74. The molecule has 0 aliphatic carbocycles. The van der Waals surface area contributed by atoms with Gasteiger partial charge in [0, 0.05) is 26.5 Å². The number of nitrogens with one attached hydrogen (secondary N) is 2. The molecule has 0 saturated carbocycles. The molecule has 2 heterocycles. The van der Waals surface area contributed by atoms with Crippen LogP contribution in [-0.2, 0) is 4.79 Å². The molecular formula is C22H16ClN3O2S3. The summed E-state index contributed by atoms with van der Waals surface area (Å²) in [5.41, 5.74) is 2.25. The summed E-state index contributed by atoms with van der Waals surface area (Å²) in [5, 5.41) is 10.6. The molecule has 4 rings (SSSR count). The van der Waals surface area contributed by atoms with Crippen LogP contribution in [0.5, 0.6) is 0 Å². The highest BCUT2D eigenvalue weighted by Gasteiger charge is 2.11. The van der Waals surface area contributed by atoms with Gasteiger partial charge in [-0.3, -0.25) is 9.59 Å². The van der Waals surface area contributed by atoms with Crippen molar-refractivity contribution in [3.05, 3.63) is 81.3 Å². The van der Waals surface area contributed by atoms with Gasteiger partial charge in [0.25, 0.3) is 5.91 Å². The standard InChI is InChI=1S/C22H16ClN3O2S3/c23-17-8-2-1-7-16(17)18-12-31-22(25-18)26-20(27)13-30-15-6-3-5-14(11-15)24-21(28)19-9-4-10-29-19/h1-12H,13H2,(H,24,28)(H,25,26,27). The maximum Gasteiger partial charge on any atom is 0.265 e. The van der Waals surface area contributed by atoms with Crippen molar-refractivity contribution >= 4 is 68.7 Å². The Kier molecular flexibility index (Phi) is 7.03. The highest BCUT2D eigenvalue weighted by atomic mass is 35.5. The molecule has 0 unspecified atom stereocenters. The molecule has 156 valence electrons. The average molecular weight is 486 g/mol. The normalized spacial score (nSPS) is 10.6. The van der Waals surface area contributed by atoms with E-state index in [2.05, 4.69) is 15.6 Å². The van der Waals surface area contributed by atoms with E-state index >= 15 is 0 Å². The van der Waals surface area contributed by atoms with Crippen LogP contribution in [0.3, 0.4) is 0 Å². The van der Waals surface area contributed by atoms with Crippen molar-refractivity contribution < 1.29 is 9.59 Å². The minimum Gasteiger partial charge on any atom is -0.321 e. The Bertz CT molecular complexity index is 1210. The van der Waals surface area contributed by atoms with Crippen molar-refractivity contribution in [3.8, 4) is 11.3 Å². The summed E-state index contributed by atoms with van der Waals surface area (Å²) in [6.45, 7) is 0. The fourth-order valence-electron chi connectivity index (χ4n) is 2.69. The number of anilines is 2. The number of halogens is 1. The number of carbonyl (C=O) groups is 2. The lowest BCUT2D eigenvalue weighted by Gasteiger charge is -2.07. The molecule has 9 heteroatoms. The number of hydrogen-bond donors (Lipinski definition) is 2. The number of thiophene rings is 1. The number of aromatic nitrogens is 1. The van der Waals surface area contributed by atoms with E-state index in [-0.39, 0.29) is 17.6 Å². The van der Waals surface area contributed by atoms with Gasteiger partial charge < -0.3 is 10.6 Å². The fraction of sp³-hybridized carbons (Fsp3) is 0.0455. The molecule has 0 atom stereocenters. The Balaban J connectivity index is 1.32. The second-order valence-electron chi connectivity index (χ2n) is 6.31. The van der Waals surface area contributed by atoms with Gasteiger partial charge in [0.15, 0.2) is 5.13 Å². The molecule has 2 aromatic carbocycles. The first-order valence-electron chi connectivity index (χ1n) is 9.16. The average Bonchev–Trinajstić information content (AvgIpc) is 3.45. The van der Waals surface area contributed by atoms with Gasteiger partial charge in [-0.05, 0) is 35.7 Å². The predicted molar refractivity (Wildman–Crippen MR) is 131 cm³/mol. The number of benzene rings is 2. The topological polar surface area (TPSA) is 71.1 Å². The maximum absolute atomic E-state index is 12.4. The first kappa shape index (κ1) is 21.6. The number of nitrogens with zero attached hydrogens (tertiary/aromatic N) is 1. The Labute approximate surface area is 196 Å². The number of thiazole rings is 1. The maximum atomic E-state index is 12.4. The summed E-state index contributed by atoms with van der Waals surface area (Å²) in [4.78, 5) is 30.5. The summed E-state index contributed by atoms with van der Waals surface area (Å²) in [6, 6.07) is 18.5. The van der Waals surface area contributed by atoms with E-state index in [1.807, 2.05) is 65.4 Å². The van der Waals surface area contributed by atoms with Gasteiger partial charge in [-0.2, -0.15) is 0 Å². The van der Waals surface area contributed by atoms with Crippen LogP contribution in [0.1, 0.15) is 9.67 Å². The van der Waals surface area contributed by atoms with Crippen LogP contribution in [0, 0.1) is 0 Å². The van der Waals surface area contributed by atoms with E-state index < -0.39 is 0 Å². The van der Waals surface area contributed by atoms with Crippen LogP contribution in [0.15, 0.2) is 76.3 Å². The monoisotopic (exact) mass is 485 g/mol. The Morgan fingerprint density at radius 2 is 1.87 bits per heavy atom. The largest absolute Gasteiger partial charge is 0.321 e. The van der Waals surface area contributed by atoms with Gasteiger partial charge in [0.05, 0.1) is 16.3 Å². The summed E-state index contributed by atoms with van der Waals surface area (Å²) in [7, 11) is 0. The lowest BCUT2D eigenvalue weighted by atomic mass is 10.2. The molecule has 0 fully saturated rings. The molecule has 0 aliphatic heterocycles. The van der Waals surface area contributed by atoms with Crippen molar-refractivity contribution in [3.63, 3.8) is 0 Å². The van der Waals surface area contributed by atoms with Crippen molar-refractivity contribution in [2.75, 3.05) is 16.4 Å². The zero-order valence-corrected chi connectivity index (χ0v) is 19.2. The van der Waals surface area contributed by atoms with Crippen LogP contribution < -0.4 is 10.6 Å². The molecule has 2 N–H and O–H groups in total. The molecular weight excluding hydrogens is 470 g/mol. The van der Waals surface area contributed by atoms with Crippen LogP contribution in [0.25, 0.3) is 11.3 Å². The zero-order valence-electron chi connectivity index (χ0n) is 16.0. The van der Waals surface area contributed by atoms with Gasteiger partial charge >= 0.3 is 0 Å². The number of hydrogen-bond acceptors (Lipinski definition) is 6. The van der Waals surface area contributed by atoms with Gasteiger partial charge in [-0.15, -0.1) is 34.4 Å². The second kappa shape index (κ2) is 10.1. The number of thioether (sulfide) groups is 1. The van der Waals surface area contributed by atoms with E-state index in [0.29, 0.717) is 20.7 Å². The van der Waals surface area contributed by atoms with E-state index in [4.69, 9.17) is 11.6 Å². The number of carbonyl (C=O) groups excluding carboxylic acids is 2. The van der Waals surface area contributed by atoms with Crippen LogP contribution in [-0.4, -0.2) is 22.6 Å². The van der Waals surface area contributed by atoms with E-state index in [9.17, 15) is 9.59 Å². The van der Waals surface area contributed by atoms with E-state index in [1.165, 1.54) is 34.4 Å². The van der Waals surface area contributed by atoms with E-state index in [1.54, 1.807) is 6.07 Å². The fourth-order valence-corrected chi connectivity index (χ4v) is 5.03. The van der Waals surface area contributed by atoms with Gasteiger partial charge in [-0.25, -0.2) is 4.98 Å². The molecule has 0 spiro atoms. The van der Waals surface area contributed by atoms with Crippen molar-refractivity contribution in [2.24, 2.45) is 0 Å². The van der Waals surface area contributed by atoms with Crippen molar-refractivity contribution in [1.29, 1.82) is 0 Å². The van der Waals surface area contributed by atoms with Gasteiger partial charge in [0.1, 0.15) is 0 Å². The molecule has 0 aliphatic rings. The third-order valence-corrected chi connectivity index (χ3v) is 7.06. The summed E-state index contributed by atoms with van der Waals surface area (Å²) >= 11 is 10.3. The number of amides is 2. The Morgan fingerprint density at radius 3 is 2.68 bits per heavy atom. The number of rotatable bonds is 7. The summed E-state index contributed by atoms with van der Waals surface area (Å²) < 4.78 is 0. The quantitative estimate of drug-likeness (QED) is 0.293. The van der Waals surface area contributed by atoms with Crippen LogP contribution in [0.4, 0.5) is 10.8 Å². The smallest absolute Gasteiger partial charge is 0.265 e. The zero-order chi connectivity index (χ0) is 21.6. The second-order valence-corrected chi connectivity index (χ2v) is 9.58. The SMILES string of the molecule is O=C(CSc1cccc(NC(=O)c2cccs2)c1)Nc1nc(-c2ccccc2Cl)cs1. The third-order valence-electron chi connectivity index (χ3n) is 4.11. The molecule has 4 aromatic rings. The molecule has 5 nitrogen and oxygen atoms in total. The highest BCUT2D eigenvalue weighted by Crippen LogP contribution is 2.30. The Morgan fingerprint density at radius 1 is 1.00 bits per heavy atom. The summed E-state index contributed by atoms with van der Waals surface area (Å²) in [6.07, 6.45) is 0. The molecule has 31 heavy (non-hydrogen) atoms. The highest BCUT2D eigenvalue weighted by molar-refractivity contribution is 8.00. The molecule has 2 amide bonds. The Hall–Kier alpha value is -2.65. The summed E-state index contributed by atoms with van der Waals surface area (Å²) in [5.74, 6) is -0.0744. The molecule has 2 aromatic heterocycles.